The highest BCUT2D eigenvalue weighted by Gasteiger charge is 2.31. The number of halogens is 4. The van der Waals surface area contributed by atoms with E-state index >= 15 is 0 Å². The first kappa shape index (κ1) is 11.5. The molecule has 0 heterocycles. The van der Waals surface area contributed by atoms with Gasteiger partial charge in [-0.1, -0.05) is 28.1 Å². The van der Waals surface area contributed by atoms with Crippen LogP contribution in [0.3, 0.4) is 0 Å². The second-order valence-corrected chi connectivity index (χ2v) is 3.80. The van der Waals surface area contributed by atoms with Gasteiger partial charge >= 0.3 is 6.18 Å². The predicted molar refractivity (Wildman–Crippen MR) is 49.8 cm³/mol. The fraction of sp³-hybridized carbons (Fsp3) is 0.333. The number of aliphatic hydroxyl groups is 1. The zero-order valence-electron chi connectivity index (χ0n) is 7.05. The van der Waals surface area contributed by atoms with E-state index in [0.29, 0.717) is 0 Å². The molecular formula is C9H8BrF3O. The van der Waals surface area contributed by atoms with Crippen molar-refractivity contribution in [1.29, 1.82) is 0 Å². The monoisotopic (exact) mass is 268 g/mol. The van der Waals surface area contributed by atoms with Gasteiger partial charge in [-0.3, -0.25) is 0 Å². The van der Waals surface area contributed by atoms with Gasteiger partial charge in [-0.05, 0) is 17.7 Å². The highest BCUT2D eigenvalue weighted by molar-refractivity contribution is 9.10. The van der Waals surface area contributed by atoms with Crippen LogP contribution in [0.25, 0.3) is 0 Å². The van der Waals surface area contributed by atoms with Crippen LogP contribution in [0, 0.1) is 0 Å². The summed E-state index contributed by atoms with van der Waals surface area (Å²) in [6, 6.07) is 6.10. The van der Waals surface area contributed by atoms with Gasteiger partial charge in [0.05, 0.1) is 12.5 Å². The van der Waals surface area contributed by atoms with Crippen LogP contribution >= 0.6 is 15.9 Å². The van der Waals surface area contributed by atoms with E-state index in [0.717, 1.165) is 4.47 Å². The topological polar surface area (TPSA) is 20.2 Å². The lowest BCUT2D eigenvalue weighted by Gasteiger charge is -2.13. The highest BCUT2D eigenvalue weighted by atomic mass is 79.9. The molecule has 0 saturated heterocycles. The van der Waals surface area contributed by atoms with Crippen molar-refractivity contribution in [3.05, 3.63) is 34.3 Å². The molecule has 0 spiro atoms. The molecule has 5 heteroatoms. The molecule has 1 aromatic carbocycles. The van der Waals surface area contributed by atoms with Crippen molar-refractivity contribution in [3.8, 4) is 0 Å². The summed E-state index contributed by atoms with van der Waals surface area (Å²) in [5.41, 5.74) is 0.269. The molecule has 78 valence electrons. The van der Waals surface area contributed by atoms with Gasteiger partial charge in [0.15, 0.2) is 0 Å². The minimum absolute atomic E-state index is 0.269. The zero-order chi connectivity index (χ0) is 10.8. The Kier molecular flexibility index (Phi) is 3.55. The van der Waals surface area contributed by atoms with Gasteiger partial charge in [0.1, 0.15) is 0 Å². The normalized spacial score (nSPS) is 14.1. The zero-order valence-corrected chi connectivity index (χ0v) is 8.64. The van der Waals surface area contributed by atoms with Crippen molar-refractivity contribution in [1.82, 2.24) is 0 Å². The van der Waals surface area contributed by atoms with E-state index in [4.69, 9.17) is 0 Å². The van der Waals surface area contributed by atoms with Crippen molar-refractivity contribution in [2.24, 2.45) is 0 Å². The number of aliphatic hydroxyl groups excluding tert-OH is 1. The van der Waals surface area contributed by atoms with Crippen LogP contribution in [0.2, 0.25) is 0 Å². The molecule has 0 aliphatic rings. The van der Waals surface area contributed by atoms with Crippen LogP contribution in [0.1, 0.15) is 18.1 Å². The molecule has 0 bridgehead atoms. The van der Waals surface area contributed by atoms with Gasteiger partial charge in [-0.2, -0.15) is 13.2 Å². The SMILES string of the molecule is OC(CC(F)(F)F)c1ccc(Br)cc1. The third-order valence-corrected chi connectivity index (χ3v) is 2.21. The van der Waals surface area contributed by atoms with Crippen LogP contribution < -0.4 is 0 Å². The summed E-state index contributed by atoms with van der Waals surface area (Å²) in [4.78, 5) is 0. The van der Waals surface area contributed by atoms with E-state index in [1.165, 1.54) is 12.1 Å². The van der Waals surface area contributed by atoms with E-state index in [2.05, 4.69) is 15.9 Å². The van der Waals surface area contributed by atoms with Gasteiger partial charge in [-0.15, -0.1) is 0 Å². The first-order chi connectivity index (χ1) is 6.38. The summed E-state index contributed by atoms with van der Waals surface area (Å²) in [6.45, 7) is 0. The third kappa shape index (κ3) is 3.67. The van der Waals surface area contributed by atoms with E-state index in [-0.39, 0.29) is 5.56 Å². The Hall–Kier alpha value is -0.550. The Morgan fingerprint density at radius 3 is 2.14 bits per heavy atom. The number of benzene rings is 1. The Balaban J connectivity index is 2.70. The Morgan fingerprint density at radius 2 is 1.71 bits per heavy atom. The molecule has 0 radical (unpaired) electrons. The van der Waals surface area contributed by atoms with Gasteiger partial charge < -0.3 is 5.11 Å². The van der Waals surface area contributed by atoms with Crippen molar-refractivity contribution >= 4 is 15.9 Å². The van der Waals surface area contributed by atoms with Crippen LogP contribution in [-0.4, -0.2) is 11.3 Å². The molecule has 1 aromatic rings. The molecule has 0 amide bonds. The molecule has 0 saturated carbocycles. The molecular weight excluding hydrogens is 261 g/mol. The quantitative estimate of drug-likeness (QED) is 0.872. The molecule has 0 aromatic heterocycles. The van der Waals surface area contributed by atoms with E-state index in [1.54, 1.807) is 12.1 Å². The average Bonchev–Trinajstić information content (AvgIpc) is 2.02. The lowest BCUT2D eigenvalue weighted by atomic mass is 10.1. The first-order valence-corrected chi connectivity index (χ1v) is 4.68. The number of alkyl halides is 3. The molecule has 1 nitrogen and oxygen atoms in total. The maximum atomic E-state index is 11.9. The smallest absolute Gasteiger partial charge is 0.388 e. The lowest BCUT2D eigenvalue weighted by molar-refractivity contribution is -0.154. The standard InChI is InChI=1S/C9H8BrF3O/c10-7-3-1-6(2-4-7)8(14)5-9(11,12)13/h1-4,8,14H,5H2. The minimum atomic E-state index is -4.34. The fourth-order valence-corrected chi connectivity index (χ4v) is 1.29. The van der Waals surface area contributed by atoms with Gasteiger partial charge in [0.25, 0.3) is 0 Å². The predicted octanol–water partition coefficient (Wildman–Crippen LogP) is 3.43. The van der Waals surface area contributed by atoms with Crippen LogP contribution in [0.5, 0.6) is 0 Å². The maximum Gasteiger partial charge on any atom is 0.391 e. The highest BCUT2D eigenvalue weighted by Crippen LogP contribution is 2.29. The third-order valence-electron chi connectivity index (χ3n) is 1.68. The Morgan fingerprint density at radius 1 is 1.21 bits per heavy atom. The van der Waals surface area contributed by atoms with E-state index < -0.39 is 18.7 Å². The van der Waals surface area contributed by atoms with Gasteiger partial charge in [-0.25, -0.2) is 0 Å². The molecule has 0 aliphatic heterocycles. The summed E-state index contributed by atoms with van der Waals surface area (Å²) < 4.78 is 36.5. The summed E-state index contributed by atoms with van der Waals surface area (Å²) in [6.07, 6.45) is -7.04. The second-order valence-electron chi connectivity index (χ2n) is 2.89. The molecule has 0 fully saturated rings. The van der Waals surface area contributed by atoms with E-state index in [9.17, 15) is 18.3 Å². The molecule has 1 unspecified atom stereocenters. The van der Waals surface area contributed by atoms with Crippen LogP contribution in [0.15, 0.2) is 28.7 Å². The van der Waals surface area contributed by atoms with Crippen molar-refractivity contribution in [2.75, 3.05) is 0 Å². The summed E-state index contributed by atoms with van der Waals surface area (Å²) >= 11 is 3.15. The molecule has 1 rings (SSSR count). The van der Waals surface area contributed by atoms with Gasteiger partial charge in [0, 0.05) is 4.47 Å². The molecule has 0 aliphatic carbocycles. The van der Waals surface area contributed by atoms with Crippen molar-refractivity contribution < 1.29 is 18.3 Å². The van der Waals surface area contributed by atoms with Crippen molar-refractivity contribution in [2.45, 2.75) is 18.7 Å². The summed E-state index contributed by atoms with van der Waals surface area (Å²) in [5, 5.41) is 9.21. The fourth-order valence-electron chi connectivity index (χ4n) is 1.02. The Labute approximate surface area is 87.7 Å². The molecule has 1 atom stereocenters. The van der Waals surface area contributed by atoms with Crippen molar-refractivity contribution in [3.63, 3.8) is 0 Å². The minimum Gasteiger partial charge on any atom is -0.388 e. The second kappa shape index (κ2) is 4.31. The average molecular weight is 269 g/mol. The van der Waals surface area contributed by atoms with Crippen LogP contribution in [-0.2, 0) is 0 Å². The molecule has 1 N–H and O–H groups in total. The maximum absolute atomic E-state index is 11.9. The summed E-state index contributed by atoms with van der Waals surface area (Å²) in [7, 11) is 0. The van der Waals surface area contributed by atoms with Gasteiger partial charge in [0.2, 0.25) is 0 Å². The van der Waals surface area contributed by atoms with E-state index in [1.807, 2.05) is 0 Å². The summed E-state index contributed by atoms with van der Waals surface area (Å²) in [5.74, 6) is 0. The number of rotatable bonds is 2. The van der Waals surface area contributed by atoms with Crippen LogP contribution in [0.4, 0.5) is 13.2 Å². The first-order valence-electron chi connectivity index (χ1n) is 3.89. The number of hydrogen-bond acceptors (Lipinski definition) is 1. The Bertz CT molecular complexity index is 294. The lowest BCUT2D eigenvalue weighted by Crippen LogP contribution is -2.13. The number of hydrogen-bond donors (Lipinski definition) is 1. The molecule has 14 heavy (non-hydrogen) atoms. The largest absolute Gasteiger partial charge is 0.391 e.